The van der Waals surface area contributed by atoms with Crippen LogP contribution in [-0.2, 0) is 4.52 Å². The van der Waals surface area contributed by atoms with Crippen LogP contribution in [0.25, 0.3) is 0 Å². The van der Waals surface area contributed by atoms with E-state index in [-0.39, 0.29) is 0 Å². The van der Waals surface area contributed by atoms with Crippen LogP contribution in [-0.4, -0.2) is 40.4 Å². The fourth-order valence-corrected chi connectivity index (χ4v) is 5.16. The van der Waals surface area contributed by atoms with Crippen molar-refractivity contribution in [3.63, 3.8) is 0 Å². The van der Waals surface area contributed by atoms with E-state index in [1.165, 1.54) is 7.11 Å². The van der Waals surface area contributed by atoms with Gasteiger partial charge in [-0.25, -0.2) is 9.19 Å². The Kier molecular flexibility index (Phi) is 5.76. The lowest BCUT2D eigenvalue weighted by atomic mass is 10.3. The second-order valence-corrected chi connectivity index (χ2v) is 8.09. The summed E-state index contributed by atoms with van der Waals surface area (Å²) in [4.78, 5) is 14.0. The van der Waals surface area contributed by atoms with Gasteiger partial charge in [-0.15, -0.1) is 0 Å². The Bertz CT molecular complexity index is 701. The molecular weight excluding hydrogens is 337 g/mol. The lowest BCUT2D eigenvalue weighted by Crippen LogP contribution is -2.44. The molecule has 0 aromatic heterocycles. The van der Waals surface area contributed by atoms with E-state index in [9.17, 15) is 4.89 Å². The molecule has 0 spiro atoms. The fourth-order valence-electron chi connectivity index (χ4n) is 2.96. The molecule has 2 aromatic rings. The number of benzene rings is 2. The molecular formula is C18H24N3O3P. The summed E-state index contributed by atoms with van der Waals surface area (Å²) in [5.74, 6) is 0.654. The molecule has 1 unspecified atom stereocenters. The molecule has 0 fully saturated rings. The van der Waals surface area contributed by atoms with Crippen LogP contribution in [0.2, 0.25) is 0 Å². The van der Waals surface area contributed by atoms with Crippen molar-refractivity contribution in [2.24, 2.45) is 0 Å². The van der Waals surface area contributed by atoms with Gasteiger partial charge in [-0.3, -0.25) is 0 Å². The third-order valence-corrected chi connectivity index (χ3v) is 6.79. The van der Waals surface area contributed by atoms with Crippen LogP contribution in [0.15, 0.2) is 48.5 Å². The third-order valence-electron chi connectivity index (χ3n) is 4.25. The quantitative estimate of drug-likeness (QED) is 0.810. The average molecular weight is 361 g/mol. The van der Waals surface area contributed by atoms with Gasteiger partial charge in [-0.1, -0.05) is 18.2 Å². The van der Waals surface area contributed by atoms with Gasteiger partial charge < -0.3 is 20.3 Å². The van der Waals surface area contributed by atoms with Crippen molar-refractivity contribution in [2.45, 2.75) is 0 Å². The summed E-state index contributed by atoms with van der Waals surface area (Å²) in [6.07, 6.45) is 0. The van der Waals surface area contributed by atoms with E-state index in [1.54, 1.807) is 13.2 Å². The van der Waals surface area contributed by atoms with Crippen molar-refractivity contribution in [1.29, 1.82) is 0 Å². The minimum Gasteiger partial charge on any atom is -0.633 e. The number of methoxy groups -OCH3 is 1. The maximum absolute atomic E-state index is 14.0. The minimum absolute atomic E-state index is 0.575. The average Bonchev–Trinajstić information content (AvgIpc) is 2.67. The number of hydrogen-bond donors (Lipinski definition) is 2. The predicted octanol–water partition coefficient (Wildman–Crippen LogP) is 1.61. The normalized spacial score (nSPS) is 21.2. The number of ether oxygens (including phenoxy) is 1. The molecule has 1 aliphatic rings. The first-order chi connectivity index (χ1) is 12.2. The van der Waals surface area contributed by atoms with Gasteiger partial charge in [-0.05, 0) is 24.3 Å². The van der Waals surface area contributed by atoms with E-state index in [2.05, 4.69) is 10.6 Å². The van der Waals surface area contributed by atoms with Crippen LogP contribution in [0.5, 0.6) is 5.75 Å². The molecule has 0 saturated heterocycles. The summed E-state index contributed by atoms with van der Waals surface area (Å²) in [7, 11) is -0.222. The standard InChI is InChI=1S/C18H24N3O3P/c1-23-16-8-9-17-18(14-16)25(22,24-2)21(13-12-19-10-11-20-17)15-6-4-3-5-7-15/h3-9,14,19-20H,10-13H2,1-2H3. The van der Waals surface area contributed by atoms with E-state index in [0.717, 1.165) is 24.5 Å². The predicted molar refractivity (Wildman–Crippen MR) is 102 cm³/mol. The maximum Gasteiger partial charge on any atom is 0.232 e. The highest BCUT2D eigenvalue weighted by Crippen LogP contribution is 2.56. The second-order valence-electron chi connectivity index (χ2n) is 5.72. The first-order valence-corrected chi connectivity index (χ1v) is 9.89. The van der Waals surface area contributed by atoms with E-state index in [1.807, 2.05) is 47.1 Å². The number of nitrogens with one attached hydrogen (secondary N) is 2. The van der Waals surface area contributed by atoms with Crippen molar-refractivity contribution in [3.05, 3.63) is 48.5 Å². The topological polar surface area (TPSA) is 68.8 Å². The molecule has 3 rings (SSSR count). The molecule has 0 amide bonds. The van der Waals surface area contributed by atoms with Gasteiger partial charge >= 0.3 is 0 Å². The molecule has 134 valence electrons. The largest absolute Gasteiger partial charge is 0.633 e. The number of hydrogen-bond acceptors (Lipinski definition) is 6. The van der Waals surface area contributed by atoms with Crippen LogP contribution in [0.1, 0.15) is 0 Å². The van der Waals surface area contributed by atoms with E-state index >= 15 is 0 Å². The van der Waals surface area contributed by atoms with E-state index < -0.39 is 7.87 Å². The van der Waals surface area contributed by atoms with Crippen LogP contribution in [0.4, 0.5) is 11.4 Å². The molecule has 1 heterocycles. The van der Waals surface area contributed by atoms with Gasteiger partial charge in [0, 0.05) is 25.7 Å². The Balaban J connectivity index is 2.14. The molecule has 1 atom stereocenters. The van der Waals surface area contributed by atoms with Crippen molar-refractivity contribution in [3.8, 4) is 5.75 Å². The molecule has 6 nitrogen and oxygen atoms in total. The molecule has 1 aliphatic heterocycles. The summed E-state index contributed by atoms with van der Waals surface area (Å²) in [6, 6.07) is 15.3. The maximum atomic E-state index is 14.0. The molecule has 2 aromatic carbocycles. The number of fused-ring (bicyclic) bond motifs is 1. The monoisotopic (exact) mass is 361 g/mol. The Hall–Kier alpha value is -1.85. The van der Waals surface area contributed by atoms with Crippen molar-refractivity contribution >= 4 is 24.5 Å². The second kappa shape index (κ2) is 8.02. The zero-order valence-corrected chi connectivity index (χ0v) is 15.5. The molecule has 7 heteroatoms. The summed E-state index contributed by atoms with van der Waals surface area (Å²) in [6.45, 7) is 2.86. The molecule has 0 radical (unpaired) electrons. The minimum atomic E-state index is -3.32. The Morgan fingerprint density at radius 3 is 2.56 bits per heavy atom. The summed E-state index contributed by atoms with van der Waals surface area (Å²) in [5.41, 5.74) is 1.67. The first kappa shape index (κ1) is 18.0. The van der Waals surface area contributed by atoms with Crippen molar-refractivity contribution < 1.29 is 14.2 Å². The van der Waals surface area contributed by atoms with Crippen LogP contribution >= 0.6 is 7.87 Å². The van der Waals surface area contributed by atoms with Gasteiger partial charge in [0.1, 0.15) is 5.75 Å². The van der Waals surface area contributed by atoms with Gasteiger partial charge in [0.2, 0.25) is 7.87 Å². The number of nitrogens with zero attached hydrogens (tertiary/aromatic N) is 1. The Morgan fingerprint density at radius 1 is 1.04 bits per heavy atom. The third kappa shape index (κ3) is 3.72. The van der Waals surface area contributed by atoms with Gasteiger partial charge in [0.25, 0.3) is 0 Å². The lowest BCUT2D eigenvalue weighted by Gasteiger charge is -2.40. The number of para-hydroxylation sites is 1. The summed E-state index contributed by atoms with van der Waals surface area (Å²) < 4.78 is 12.9. The summed E-state index contributed by atoms with van der Waals surface area (Å²) in [5, 5.41) is 7.34. The van der Waals surface area contributed by atoms with Gasteiger partial charge in [-0.2, -0.15) is 0 Å². The smallest absolute Gasteiger partial charge is 0.232 e. The molecule has 0 bridgehead atoms. The van der Waals surface area contributed by atoms with Crippen molar-refractivity contribution in [2.75, 3.05) is 50.4 Å². The Labute approximate surface area is 149 Å². The number of anilines is 2. The molecule has 0 aliphatic carbocycles. The van der Waals surface area contributed by atoms with E-state index in [0.29, 0.717) is 24.1 Å². The highest BCUT2D eigenvalue weighted by atomic mass is 31.2. The zero-order chi connectivity index (χ0) is 17.7. The first-order valence-electron chi connectivity index (χ1n) is 8.31. The molecule has 0 saturated carbocycles. The van der Waals surface area contributed by atoms with E-state index in [4.69, 9.17) is 9.26 Å². The summed E-state index contributed by atoms with van der Waals surface area (Å²) >= 11 is 0. The lowest BCUT2D eigenvalue weighted by molar-refractivity contribution is -0.187. The van der Waals surface area contributed by atoms with Crippen molar-refractivity contribution in [1.82, 2.24) is 5.32 Å². The fraction of sp³-hybridized carbons (Fsp3) is 0.333. The molecule has 25 heavy (non-hydrogen) atoms. The van der Waals surface area contributed by atoms with Crippen LogP contribution in [0.3, 0.4) is 0 Å². The Morgan fingerprint density at radius 2 is 1.84 bits per heavy atom. The number of rotatable bonds is 3. The van der Waals surface area contributed by atoms with Crippen LogP contribution in [0, 0.1) is 0 Å². The molecule has 2 N–H and O–H groups in total. The zero-order valence-electron chi connectivity index (χ0n) is 14.6. The van der Waals surface area contributed by atoms with Crippen LogP contribution < -0.4 is 30.2 Å². The SMILES string of the molecule is COc1ccc2c(c1)[P+]([O-])(OC)N(c1ccccc1)CCNCCN2. The van der Waals surface area contributed by atoms with Gasteiger partial charge in [0.05, 0.1) is 32.1 Å². The highest BCUT2D eigenvalue weighted by Gasteiger charge is 2.41. The van der Waals surface area contributed by atoms with Gasteiger partial charge in [0.15, 0.2) is 5.30 Å². The highest BCUT2D eigenvalue weighted by molar-refractivity contribution is 7.73.